The fourth-order valence-corrected chi connectivity index (χ4v) is 2.62. The number of carbonyl (C=O) groups is 1. The van der Waals surface area contributed by atoms with E-state index in [0.717, 1.165) is 22.2 Å². The Kier molecular flexibility index (Phi) is 3.74. The maximum Gasteiger partial charge on any atom is 0.267 e. The topological polar surface area (TPSA) is 86.5 Å². The maximum absolute atomic E-state index is 12.9. The number of hydrogen-bond donors (Lipinski definition) is 3. The molecule has 3 heterocycles. The van der Waals surface area contributed by atoms with Crippen molar-refractivity contribution in [2.75, 3.05) is 0 Å². The van der Waals surface area contributed by atoms with Crippen molar-refractivity contribution in [3.05, 3.63) is 71.9 Å². The van der Waals surface area contributed by atoms with Crippen molar-refractivity contribution in [2.45, 2.75) is 6.54 Å². The Balaban J connectivity index is 0.00000131. The minimum Gasteiger partial charge on any atom is -0.357 e. The fourth-order valence-electron chi connectivity index (χ4n) is 2.62. The molecule has 6 nitrogen and oxygen atoms in total. The average molecular weight is 341 g/mol. The first kappa shape index (κ1) is 15.1. The van der Waals surface area contributed by atoms with Crippen LogP contribution in [0.25, 0.3) is 22.3 Å². The summed E-state index contributed by atoms with van der Waals surface area (Å²) in [7, 11) is 0. The molecule has 0 aliphatic heterocycles. The molecule has 3 aromatic heterocycles. The molecule has 0 aliphatic carbocycles. The van der Waals surface area contributed by atoms with Crippen LogP contribution in [0.15, 0.2) is 54.9 Å². The van der Waals surface area contributed by atoms with Crippen molar-refractivity contribution < 1.29 is 13.5 Å². The third-order valence-corrected chi connectivity index (χ3v) is 3.91. The van der Waals surface area contributed by atoms with Crippen molar-refractivity contribution in [3.63, 3.8) is 0 Å². The molecule has 1 amide bonds. The van der Waals surface area contributed by atoms with Gasteiger partial charge in [-0.2, -0.15) is 5.10 Å². The summed E-state index contributed by atoms with van der Waals surface area (Å²) >= 11 is 0. The largest absolute Gasteiger partial charge is 0.357 e. The van der Waals surface area contributed by atoms with Crippen LogP contribution >= 0.6 is 0 Å². The van der Waals surface area contributed by atoms with Crippen molar-refractivity contribution in [3.8, 4) is 11.3 Å². The summed E-state index contributed by atoms with van der Waals surface area (Å²) < 4.78 is 12.9. The van der Waals surface area contributed by atoms with E-state index in [0.29, 0.717) is 17.9 Å². The number of nitrogens with one attached hydrogen (secondary N) is 3. The number of halogens is 1. The highest BCUT2D eigenvalue weighted by molar-refractivity contribution is 5.96. The average Bonchev–Trinajstić information content (AvgIpc) is 3.27. The Bertz CT molecular complexity index is 1050. The Morgan fingerprint density at radius 2 is 2.08 bits per heavy atom. The number of rotatable bonds is 4. The minimum atomic E-state index is -0.301. The van der Waals surface area contributed by atoms with Crippen LogP contribution in [-0.4, -0.2) is 26.1 Å². The van der Waals surface area contributed by atoms with E-state index in [4.69, 9.17) is 0 Å². The van der Waals surface area contributed by atoms with Crippen LogP contribution in [0.3, 0.4) is 0 Å². The van der Waals surface area contributed by atoms with E-state index in [1.165, 1.54) is 12.1 Å². The number of aromatic amines is 2. The van der Waals surface area contributed by atoms with Gasteiger partial charge in [-0.15, -0.1) is 0 Å². The summed E-state index contributed by atoms with van der Waals surface area (Å²) in [6.07, 6.45) is 3.42. The van der Waals surface area contributed by atoms with Gasteiger partial charge in [0.2, 0.25) is 0 Å². The number of amides is 1. The van der Waals surface area contributed by atoms with Gasteiger partial charge in [0.15, 0.2) is 5.65 Å². The third-order valence-electron chi connectivity index (χ3n) is 3.91. The first-order valence-electron chi connectivity index (χ1n) is 7.71. The molecule has 0 bridgehead atoms. The summed E-state index contributed by atoms with van der Waals surface area (Å²) in [4.78, 5) is 19.4. The Labute approximate surface area is 146 Å². The zero-order valence-corrected chi connectivity index (χ0v) is 13.1. The van der Waals surface area contributed by atoms with Crippen LogP contribution in [-0.2, 0) is 6.54 Å². The van der Waals surface area contributed by atoms with E-state index >= 15 is 0 Å². The van der Waals surface area contributed by atoms with E-state index in [2.05, 4.69) is 25.5 Å². The predicted molar refractivity (Wildman–Crippen MR) is 97.6 cm³/mol. The van der Waals surface area contributed by atoms with Crippen LogP contribution in [0.5, 0.6) is 0 Å². The monoisotopic (exact) mass is 341 g/mol. The summed E-state index contributed by atoms with van der Waals surface area (Å²) in [5.41, 5.74) is 3.51. The number of carbonyl (C=O) groups excluding carboxylic acids is 1. The van der Waals surface area contributed by atoms with E-state index in [-0.39, 0.29) is 16.0 Å². The maximum atomic E-state index is 12.9. The minimum absolute atomic E-state index is 0. The number of hydrogen-bond acceptors (Lipinski definition) is 3. The molecule has 25 heavy (non-hydrogen) atoms. The highest BCUT2D eigenvalue weighted by Crippen LogP contribution is 2.25. The molecular formula is C18H20FN5O. The lowest BCUT2D eigenvalue weighted by Crippen LogP contribution is -2.23. The lowest BCUT2D eigenvalue weighted by molar-refractivity contribution is 0.0946. The molecule has 7 heteroatoms. The van der Waals surface area contributed by atoms with Gasteiger partial charge < -0.3 is 10.3 Å². The molecule has 3 N–H and O–H groups in total. The van der Waals surface area contributed by atoms with Crippen LogP contribution in [0.2, 0.25) is 0 Å². The van der Waals surface area contributed by atoms with Gasteiger partial charge in [0.1, 0.15) is 11.5 Å². The van der Waals surface area contributed by atoms with Gasteiger partial charge in [-0.05, 0) is 35.9 Å². The highest BCUT2D eigenvalue weighted by Gasteiger charge is 2.13. The van der Waals surface area contributed by atoms with Crippen molar-refractivity contribution in [1.29, 1.82) is 0 Å². The highest BCUT2D eigenvalue weighted by atomic mass is 19.1. The number of nitrogens with zero attached hydrogens (tertiary/aromatic N) is 2. The van der Waals surface area contributed by atoms with Gasteiger partial charge in [-0.25, -0.2) is 9.37 Å². The van der Waals surface area contributed by atoms with Crippen LogP contribution in [0.1, 0.15) is 20.3 Å². The molecule has 0 aliphatic rings. The number of aromatic nitrogens is 4. The molecule has 1 aromatic carbocycles. The fraction of sp³-hybridized carbons (Fsp3) is 0.0556. The molecule has 130 valence electrons. The van der Waals surface area contributed by atoms with E-state index in [9.17, 15) is 9.18 Å². The normalized spacial score (nSPS) is 10.9. The van der Waals surface area contributed by atoms with Crippen molar-refractivity contribution >= 4 is 16.9 Å². The lowest BCUT2D eigenvalue weighted by atomic mass is 10.1. The van der Waals surface area contributed by atoms with Crippen LogP contribution in [0, 0.1) is 5.82 Å². The second-order valence-electron chi connectivity index (χ2n) is 5.58. The summed E-state index contributed by atoms with van der Waals surface area (Å²) in [5, 5.41) is 10.8. The molecule has 0 radical (unpaired) electrons. The summed E-state index contributed by atoms with van der Waals surface area (Å²) in [6, 6.07) is 11.5. The molecule has 0 saturated heterocycles. The first-order chi connectivity index (χ1) is 12.2. The Morgan fingerprint density at radius 1 is 1.24 bits per heavy atom. The molecule has 0 fully saturated rings. The summed E-state index contributed by atoms with van der Waals surface area (Å²) in [5.74, 6) is -0.539. The van der Waals surface area contributed by atoms with Gasteiger partial charge in [-0.1, -0.05) is 12.1 Å². The quantitative estimate of drug-likeness (QED) is 0.528. The second kappa shape index (κ2) is 6.20. The molecule has 0 spiro atoms. The molecule has 4 aromatic rings. The van der Waals surface area contributed by atoms with Gasteiger partial charge >= 0.3 is 0 Å². The molecule has 0 unspecified atom stereocenters. The van der Waals surface area contributed by atoms with Crippen LogP contribution < -0.4 is 5.32 Å². The molecule has 0 atom stereocenters. The first-order valence-corrected chi connectivity index (χ1v) is 7.71. The Morgan fingerprint density at radius 3 is 2.92 bits per heavy atom. The zero-order chi connectivity index (χ0) is 17.2. The SMILES string of the molecule is O=C(NCc1ccc(F)cc1)c1cc(-c2[nH]nc3ncccc23)c[nH]1.[HH].[HH].[HH]. The van der Waals surface area contributed by atoms with Gasteiger partial charge in [-0.3, -0.25) is 9.89 Å². The third kappa shape index (κ3) is 2.99. The predicted octanol–water partition coefficient (Wildman–Crippen LogP) is 3.76. The second-order valence-corrected chi connectivity index (χ2v) is 5.58. The smallest absolute Gasteiger partial charge is 0.267 e. The standard InChI is InChI=1S/C18H14FN5O.3H2/c19-13-5-3-11(4-6-13)9-22-18(25)15-8-12(10-21-15)16-14-2-1-7-20-17(14)24-23-16;;;/h1-8,10,21H,9H2,(H,22,25)(H,20,23,24);3*1H. The number of H-pyrrole nitrogens is 2. The molecular weight excluding hydrogens is 321 g/mol. The van der Waals surface area contributed by atoms with Crippen LogP contribution in [0.4, 0.5) is 4.39 Å². The lowest BCUT2D eigenvalue weighted by Gasteiger charge is -2.03. The van der Waals surface area contributed by atoms with Gasteiger partial charge in [0.05, 0.1) is 5.69 Å². The van der Waals surface area contributed by atoms with Crippen molar-refractivity contribution in [2.24, 2.45) is 0 Å². The van der Waals surface area contributed by atoms with Gasteiger partial charge in [0.25, 0.3) is 5.91 Å². The number of benzene rings is 1. The van der Waals surface area contributed by atoms with E-state index < -0.39 is 0 Å². The molecule has 4 rings (SSSR count). The van der Waals surface area contributed by atoms with E-state index in [1.54, 1.807) is 30.6 Å². The van der Waals surface area contributed by atoms with E-state index in [1.807, 2.05) is 12.1 Å². The number of pyridine rings is 1. The Hall–Kier alpha value is -3.48. The summed E-state index contributed by atoms with van der Waals surface area (Å²) in [6.45, 7) is 0.324. The van der Waals surface area contributed by atoms with Crippen molar-refractivity contribution in [1.82, 2.24) is 25.5 Å². The zero-order valence-electron chi connectivity index (χ0n) is 13.1. The van der Waals surface area contributed by atoms with Gasteiger partial charge in [0, 0.05) is 34.2 Å². The molecule has 0 saturated carbocycles. The number of fused-ring (bicyclic) bond motifs is 1.